The lowest BCUT2D eigenvalue weighted by atomic mass is 9.88. The second kappa shape index (κ2) is 8.09. The summed E-state index contributed by atoms with van der Waals surface area (Å²) >= 11 is 0. The van der Waals surface area contributed by atoms with Crippen LogP contribution in [-0.2, 0) is 19.1 Å². The molecule has 0 aliphatic heterocycles. The first-order chi connectivity index (χ1) is 7.88. The summed E-state index contributed by atoms with van der Waals surface area (Å²) < 4.78 is 9.66. The molecule has 0 fully saturated rings. The summed E-state index contributed by atoms with van der Waals surface area (Å²) in [4.78, 5) is 22.9. The zero-order chi connectivity index (χ0) is 13.4. The Labute approximate surface area is 104 Å². The molecule has 0 amide bonds. The molecule has 1 atom stereocenters. The predicted octanol–water partition coefficient (Wildman–Crippen LogP) is 2.41. The molecule has 0 N–H and O–H groups in total. The zero-order valence-electron chi connectivity index (χ0n) is 11.5. The quantitative estimate of drug-likeness (QED) is 0.645. The maximum atomic E-state index is 11.8. The molecule has 0 aliphatic rings. The van der Waals surface area contributed by atoms with Crippen LogP contribution in [0.3, 0.4) is 0 Å². The van der Waals surface area contributed by atoms with Crippen LogP contribution in [0.25, 0.3) is 0 Å². The minimum Gasteiger partial charge on any atom is -0.463 e. The van der Waals surface area contributed by atoms with Crippen molar-refractivity contribution in [1.29, 1.82) is 0 Å². The summed E-state index contributed by atoms with van der Waals surface area (Å²) in [5, 5.41) is 0. The Balaban J connectivity index is 4.19. The monoisotopic (exact) mass is 244 g/mol. The van der Waals surface area contributed by atoms with E-state index in [9.17, 15) is 9.59 Å². The molecule has 100 valence electrons. The molecule has 0 aliphatic carbocycles. The standard InChI is InChI=1S/C13H24O4/c1-6-16-12(14)8-17-13(15)11(10(4)5)7-9(2)3/h9-11H,6-8H2,1-5H3. The molecule has 0 saturated carbocycles. The Kier molecular flexibility index (Phi) is 7.59. The summed E-state index contributed by atoms with van der Waals surface area (Å²) in [6.07, 6.45) is 0.777. The number of carbonyl (C=O) groups excluding carboxylic acids is 2. The second-order valence-corrected chi connectivity index (χ2v) is 4.89. The van der Waals surface area contributed by atoms with Gasteiger partial charge in [-0.2, -0.15) is 0 Å². The Morgan fingerprint density at radius 3 is 2.06 bits per heavy atom. The number of carbonyl (C=O) groups is 2. The maximum Gasteiger partial charge on any atom is 0.344 e. The fourth-order valence-corrected chi connectivity index (χ4v) is 1.59. The minimum absolute atomic E-state index is 0.149. The SMILES string of the molecule is CCOC(=O)COC(=O)C(CC(C)C)C(C)C. The molecule has 1 unspecified atom stereocenters. The number of esters is 2. The van der Waals surface area contributed by atoms with E-state index < -0.39 is 5.97 Å². The van der Waals surface area contributed by atoms with Gasteiger partial charge in [-0.1, -0.05) is 27.7 Å². The van der Waals surface area contributed by atoms with Crippen molar-refractivity contribution in [2.45, 2.75) is 41.0 Å². The second-order valence-electron chi connectivity index (χ2n) is 4.89. The van der Waals surface area contributed by atoms with Crippen LogP contribution in [0.2, 0.25) is 0 Å². The van der Waals surface area contributed by atoms with E-state index in [-0.39, 0.29) is 24.4 Å². The number of rotatable bonds is 7. The predicted molar refractivity (Wildman–Crippen MR) is 65.4 cm³/mol. The summed E-state index contributed by atoms with van der Waals surface area (Å²) in [7, 11) is 0. The highest BCUT2D eigenvalue weighted by Gasteiger charge is 2.25. The number of ether oxygens (including phenoxy) is 2. The van der Waals surface area contributed by atoms with E-state index in [1.54, 1.807) is 6.92 Å². The van der Waals surface area contributed by atoms with Crippen LogP contribution in [0.4, 0.5) is 0 Å². The molecule has 4 nitrogen and oxygen atoms in total. The highest BCUT2D eigenvalue weighted by atomic mass is 16.6. The first-order valence-corrected chi connectivity index (χ1v) is 6.20. The molecule has 0 heterocycles. The first-order valence-electron chi connectivity index (χ1n) is 6.20. The largest absolute Gasteiger partial charge is 0.463 e. The summed E-state index contributed by atoms with van der Waals surface area (Å²) in [6.45, 7) is 9.83. The lowest BCUT2D eigenvalue weighted by Gasteiger charge is -2.20. The highest BCUT2D eigenvalue weighted by Crippen LogP contribution is 2.21. The van der Waals surface area contributed by atoms with Crippen molar-refractivity contribution in [2.24, 2.45) is 17.8 Å². The van der Waals surface area contributed by atoms with Gasteiger partial charge in [-0.05, 0) is 25.2 Å². The summed E-state index contributed by atoms with van der Waals surface area (Å²) in [6, 6.07) is 0. The highest BCUT2D eigenvalue weighted by molar-refractivity contribution is 5.77. The van der Waals surface area contributed by atoms with Crippen molar-refractivity contribution < 1.29 is 19.1 Å². The smallest absolute Gasteiger partial charge is 0.344 e. The third kappa shape index (κ3) is 6.97. The van der Waals surface area contributed by atoms with Crippen molar-refractivity contribution in [1.82, 2.24) is 0 Å². The van der Waals surface area contributed by atoms with Gasteiger partial charge < -0.3 is 9.47 Å². The molecule has 17 heavy (non-hydrogen) atoms. The van der Waals surface area contributed by atoms with Gasteiger partial charge in [0.15, 0.2) is 6.61 Å². The zero-order valence-corrected chi connectivity index (χ0v) is 11.5. The van der Waals surface area contributed by atoms with Gasteiger partial charge in [-0.25, -0.2) is 4.79 Å². The van der Waals surface area contributed by atoms with Crippen LogP contribution in [-0.4, -0.2) is 25.2 Å². The molecule has 0 aromatic carbocycles. The van der Waals surface area contributed by atoms with E-state index in [4.69, 9.17) is 9.47 Å². The van der Waals surface area contributed by atoms with E-state index >= 15 is 0 Å². The molecule has 0 aromatic rings. The van der Waals surface area contributed by atoms with Crippen molar-refractivity contribution in [2.75, 3.05) is 13.2 Å². The lowest BCUT2D eigenvalue weighted by Crippen LogP contribution is -2.27. The van der Waals surface area contributed by atoms with Gasteiger partial charge in [-0.15, -0.1) is 0 Å². The van der Waals surface area contributed by atoms with Crippen LogP contribution >= 0.6 is 0 Å². The normalized spacial score (nSPS) is 12.6. The average molecular weight is 244 g/mol. The van der Waals surface area contributed by atoms with Gasteiger partial charge in [0, 0.05) is 0 Å². The van der Waals surface area contributed by atoms with E-state index in [1.807, 2.05) is 13.8 Å². The molecule has 0 bridgehead atoms. The molecule has 4 heteroatoms. The van der Waals surface area contributed by atoms with Crippen LogP contribution in [0.15, 0.2) is 0 Å². The van der Waals surface area contributed by atoms with Gasteiger partial charge in [-0.3, -0.25) is 4.79 Å². The van der Waals surface area contributed by atoms with Gasteiger partial charge in [0.25, 0.3) is 0 Å². The van der Waals surface area contributed by atoms with Crippen LogP contribution in [0.5, 0.6) is 0 Å². The Hall–Kier alpha value is -1.06. The van der Waals surface area contributed by atoms with Crippen molar-refractivity contribution in [3.05, 3.63) is 0 Å². The van der Waals surface area contributed by atoms with Crippen LogP contribution < -0.4 is 0 Å². The van der Waals surface area contributed by atoms with Crippen LogP contribution in [0.1, 0.15) is 41.0 Å². The Bertz CT molecular complexity index is 246. The third-order valence-electron chi connectivity index (χ3n) is 2.47. The minimum atomic E-state index is -0.493. The fourth-order valence-electron chi connectivity index (χ4n) is 1.59. The van der Waals surface area contributed by atoms with E-state index in [1.165, 1.54) is 0 Å². The Morgan fingerprint density at radius 2 is 1.65 bits per heavy atom. The van der Waals surface area contributed by atoms with E-state index in [0.29, 0.717) is 12.5 Å². The number of hydrogen-bond acceptors (Lipinski definition) is 4. The Morgan fingerprint density at radius 1 is 1.06 bits per heavy atom. The summed E-state index contributed by atoms with van der Waals surface area (Å²) in [5.74, 6) is -0.302. The fraction of sp³-hybridized carbons (Fsp3) is 0.846. The number of hydrogen-bond donors (Lipinski definition) is 0. The maximum absolute atomic E-state index is 11.8. The first kappa shape index (κ1) is 15.9. The van der Waals surface area contributed by atoms with Crippen LogP contribution in [0, 0.1) is 17.8 Å². The molecule has 0 spiro atoms. The topological polar surface area (TPSA) is 52.6 Å². The lowest BCUT2D eigenvalue weighted by molar-refractivity contribution is -0.162. The van der Waals surface area contributed by atoms with Crippen molar-refractivity contribution in [3.8, 4) is 0 Å². The van der Waals surface area contributed by atoms with Crippen molar-refractivity contribution >= 4 is 11.9 Å². The average Bonchev–Trinajstić information content (AvgIpc) is 2.22. The molecular weight excluding hydrogens is 220 g/mol. The third-order valence-corrected chi connectivity index (χ3v) is 2.47. The molecule has 0 saturated heterocycles. The summed E-state index contributed by atoms with van der Waals surface area (Å²) in [5.41, 5.74) is 0. The molecular formula is C13H24O4. The molecule has 0 aromatic heterocycles. The molecule has 0 rings (SSSR count). The molecule has 0 radical (unpaired) electrons. The van der Waals surface area contributed by atoms with Gasteiger partial charge in [0.1, 0.15) is 0 Å². The van der Waals surface area contributed by atoms with Gasteiger partial charge in [0.05, 0.1) is 12.5 Å². The van der Waals surface area contributed by atoms with E-state index in [0.717, 1.165) is 6.42 Å². The van der Waals surface area contributed by atoms with Gasteiger partial charge >= 0.3 is 11.9 Å². The van der Waals surface area contributed by atoms with Gasteiger partial charge in [0.2, 0.25) is 0 Å². The van der Waals surface area contributed by atoms with Crippen molar-refractivity contribution in [3.63, 3.8) is 0 Å². The van der Waals surface area contributed by atoms with E-state index in [2.05, 4.69) is 13.8 Å².